The maximum atomic E-state index is 12.2. The van der Waals surface area contributed by atoms with Crippen molar-refractivity contribution >= 4 is 40.0 Å². The minimum absolute atomic E-state index is 0.0967. The summed E-state index contributed by atoms with van der Waals surface area (Å²) in [5.74, 6) is 0.543. The van der Waals surface area contributed by atoms with Crippen LogP contribution in [0, 0.1) is 6.92 Å². The molecule has 2 saturated heterocycles. The van der Waals surface area contributed by atoms with Gasteiger partial charge in [0.1, 0.15) is 5.52 Å². The number of nitrogens with zero attached hydrogens (tertiary/aromatic N) is 3. The van der Waals surface area contributed by atoms with Crippen LogP contribution in [0.3, 0.4) is 0 Å². The van der Waals surface area contributed by atoms with Crippen molar-refractivity contribution in [1.29, 1.82) is 0 Å². The molecule has 0 radical (unpaired) electrons. The number of fused-ring (bicyclic) bond motifs is 1. The summed E-state index contributed by atoms with van der Waals surface area (Å²) in [6.07, 6.45) is 5.77. The normalized spacial score (nSPS) is 21.8. The van der Waals surface area contributed by atoms with Gasteiger partial charge in [0.05, 0.1) is 11.4 Å². The average molecular weight is 370 g/mol. The Morgan fingerprint density at radius 1 is 1.35 bits per heavy atom. The van der Waals surface area contributed by atoms with E-state index >= 15 is 0 Å². The smallest absolute Gasteiger partial charge is 0.264 e. The highest BCUT2D eigenvalue weighted by molar-refractivity contribution is 8.18. The maximum Gasteiger partial charge on any atom is 0.264 e. The number of hydrogen-bond donors (Lipinski definition) is 1. The molecular formula is C19H22N4O2S. The molecule has 1 aromatic carbocycles. The molecule has 4 rings (SSSR count). The number of aromatic nitrogens is 1. The highest BCUT2D eigenvalue weighted by Gasteiger charge is 2.23. The van der Waals surface area contributed by atoms with Crippen LogP contribution in [0.25, 0.3) is 17.2 Å². The maximum absolute atomic E-state index is 12.2. The lowest BCUT2D eigenvalue weighted by molar-refractivity contribution is -0.115. The third kappa shape index (κ3) is 3.99. The summed E-state index contributed by atoms with van der Waals surface area (Å²) in [5.41, 5.74) is 2.48. The van der Waals surface area contributed by atoms with Gasteiger partial charge >= 0.3 is 0 Å². The second-order valence-corrected chi connectivity index (χ2v) is 7.64. The second kappa shape index (κ2) is 7.63. The summed E-state index contributed by atoms with van der Waals surface area (Å²) in [5, 5.41) is 3.54. The lowest BCUT2D eigenvalue weighted by Crippen LogP contribution is -2.32. The number of aryl methyl sites for hydroxylation is 1. The summed E-state index contributed by atoms with van der Waals surface area (Å²) in [4.78, 5) is 24.1. The molecule has 136 valence electrons. The number of carbonyl (C=O) groups excluding carboxylic acids is 1. The van der Waals surface area contributed by atoms with Gasteiger partial charge in [0.2, 0.25) is 0 Å². The van der Waals surface area contributed by atoms with Crippen molar-refractivity contribution in [1.82, 2.24) is 15.2 Å². The molecule has 0 saturated carbocycles. The number of thioether (sulfide) groups is 1. The van der Waals surface area contributed by atoms with Crippen LogP contribution in [0.1, 0.15) is 30.7 Å². The van der Waals surface area contributed by atoms with Crippen molar-refractivity contribution in [2.24, 2.45) is 4.99 Å². The fourth-order valence-corrected chi connectivity index (χ4v) is 4.12. The van der Waals surface area contributed by atoms with Gasteiger partial charge in [-0.25, -0.2) is 4.98 Å². The molecule has 0 unspecified atom stereocenters. The molecular weight excluding hydrogens is 348 g/mol. The summed E-state index contributed by atoms with van der Waals surface area (Å²) >= 11 is 1.40. The topological polar surface area (TPSA) is 70.7 Å². The van der Waals surface area contributed by atoms with E-state index in [1.54, 1.807) is 0 Å². The van der Waals surface area contributed by atoms with E-state index in [4.69, 9.17) is 4.42 Å². The van der Waals surface area contributed by atoms with Gasteiger partial charge < -0.3 is 14.6 Å². The standard InChI is InChI=1S/C19H22N4O2S/c1-13-21-15-6-5-14(11-16(15)25-13)12-17-18(24)22-19(26-17)20-7-10-23-8-3-2-4-9-23/h5-6,11-12H,2-4,7-10H2,1H3,(H,20,22,24). The molecule has 0 bridgehead atoms. The van der Waals surface area contributed by atoms with Gasteiger partial charge in [0, 0.05) is 13.5 Å². The van der Waals surface area contributed by atoms with Crippen molar-refractivity contribution in [3.05, 3.63) is 34.6 Å². The number of rotatable bonds is 4. The van der Waals surface area contributed by atoms with Crippen molar-refractivity contribution in [3.8, 4) is 0 Å². The summed E-state index contributed by atoms with van der Waals surface area (Å²) in [6, 6.07) is 5.75. The average Bonchev–Trinajstić information content (AvgIpc) is 3.17. The van der Waals surface area contributed by atoms with Crippen molar-refractivity contribution in [3.63, 3.8) is 0 Å². The van der Waals surface area contributed by atoms with Gasteiger partial charge in [0.15, 0.2) is 16.6 Å². The Hall–Kier alpha value is -2.12. The molecule has 1 N–H and O–H groups in total. The van der Waals surface area contributed by atoms with Crippen LogP contribution in [-0.4, -0.2) is 47.1 Å². The number of amidine groups is 1. The molecule has 0 spiro atoms. The van der Waals surface area contributed by atoms with Crippen molar-refractivity contribution in [2.45, 2.75) is 26.2 Å². The number of oxazole rings is 1. The second-order valence-electron chi connectivity index (χ2n) is 6.61. The zero-order valence-electron chi connectivity index (χ0n) is 14.8. The Kier molecular flexibility index (Phi) is 5.08. The molecule has 1 aromatic heterocycles. The van der Waals surface area contributed by atoms with E-state index in [-0.39, 0.29) is 5.91 Å². The Bertz CT molecular complexity index is 881. The molecule has 7 heteroatoms. The Labute approximate surface area is 156 Å². The lowest BCUT2D eigenvalue weighted by Gasteiger charge is -2.25. The third-order valence-corrected chi connectivity index (χ3v) is 5.54. The lowest BCUT2D eigenvalue weighted by atomic mass is 10.1. The quantitative estimate of drug-likeness (QED) is 0.837. The molecule has 0 aliphatic carbocycles. The van der Waals surface area contributed by atoms with Gasteiger partial charge in [-0.1, -0.05) is 12.5 Å². The molecule has 6 nitrogen and oxygen atoms in total. The first-order chi connectivity index (χ1) is 12.7. The van der Waals surface area contributed by atoms with E-state index in [0.717, 1.165) is 29.8 Å². The number of aliphatic imine (C=N–C) groups is 1. The number of carbonyl (C=O) groups is 1. The minimum Gasteiger partial charge on any atom is -0.441 e. The molecule has 2 aromatic rings. The van der Waals surface area contributed by atoms with E-state index in [2.05, 4.69) is 20.2 Å². The molecule has 2 fully saturated rings. The first kappa shape index (κ1) is 17.3. The first-order valence-corrected chi connectivity index (χ1v) is 9.84. The van der Waals surface area contributed by atoms with E-state index < -0.39 is 0 Å². The van der Waals surface area contributed by atoms with Crippen LogP contribution in [0.15, 0.2) is 32.5 Å². The van der Waals surface area contributed by atoms with Gasteiger partial charge in [-0.3, -0.25) is 9.79 Å². The molecule has 26 heavy (non-hydrogen) atoms. The molecule has 2 aliphatic heterocycles. The van der Waals surface area contributed by atoms with Crippen LogP contribution in [0.4, 0.5) is 0 Å². The van der Waals surface area contributed by atoms with E-state index in [9.17, 15) is 4.79 Å². The minimum atomic E-state index is -0.0967. The zero-order valence-corrected chi connectivity index (χ0v) is 15.6. The predicted molar refractivity (Wildman–Crippen MR) is 105 cm³/mol. The molecule has 1 amide bonds. The third-order valence-electron chi connectivity index (χ3n) is 4.59. The Balaban J connectivity index is 1.41. The number of nitrogens with one attached hydrogen (secondary N) is 1. The van der Waals surface area contributed by atoms with Crippen LogP contribution >= 0.6 is 11.8 Å². The largest absolute Gasteiger partial charge is 0.441 e. The highest BCUT2D eigenvalue weighted by atomic mass is 32.2. The van der Waals surface area contributed by atoms with Crippen LogP contribution in [0.5, 0.6) is 0 Å². The fourth-order valence-electron chi connectivity index (χ4n) is 3.28. The van der Waals surface area contributed by atoms with Gasteiger partial charge in [-0.15, -0.1) is 0 Å². The van der Waals surface area contributed by atoms with E-state index in [0.29, 0.717) is 16.0 Å². The van der Waals surface area contributed by atoms with E-state index in [1.165, 1.54) is 44.1 Å². The summed E-state index contributed by atoms with van der Waals surface area (Å²) in [6.45, 7) is 5.84. The Morgan fingerprint density at radius 2 is 2.19 bits per heavy atom. The van der Waals surface area contributed by atoms with Crippen molar-refractivity contribution < 1.29 is 9.21 Å². The highest BCUT2D eigenvalue weighted by Crippen LogP contribution is 2.27. The number of likely N-dealkylation sites (tertiary alicyclic amines) is 1. The van der Waals surface area contributed by atoms with Gasteiger partial charge in [-0.2, -0.15) is 0 Å². The Morgan fingerprint density at radius 3 is 3.04 bits per heavy atom. The number of piperidine rings is 1. The molecule has 0 atom stereocenters. The van der Waals surface area contributed by atoms with E-state index in [1.807, 2.05) is 31.2 Å². The zero-order chi connectivity index (χ0) is 17.9. The van der Waals surface area contributed by atoms with Crippen molar-refractivity contribution in [2.75, 3.05) is 26.2 Å². The van der Waals surface area contributed by atoms with Gasteiger partial charge in [0.25, 0.3) is 5.91 Å². The monoisotopic (exact) mass is 370 g/mol. The SMILES string of the molecule is Cc1nc2ccc(C=C3SC(=NCCN4CCCCC4)NC3=O)cc2o1. The number of amides is 1. The summed E-state index contributed by atoms with van der Waals surface area (Å²) in [7, 11) is 0. The molecule has 3 heterocycles. The number of hydrogen-bond acceptors (Lipinski definition) is 6. The van der Waals surface area contributed by atoms with Crippen LogP contribution in [-0.2, 0) is 4.79 Å². The molecule has 2 aliphatic rings. The van der Waals surface area contributed by atoms with Crippen LogP contribution in [0.2, 0.25) is 0 Å². The number of benzene rings is 1. The van der Waals surface area contributed by atoms with Gasteiger partial charge in [-0.05, 0) is 61.5 Å². The fraction of sp³-hybridized carbons (Fsp3) is 0.421. The predicted octanol–water partition coefficient (Wildman–Crippen LogP) is 3.18. The first-order valence-electron chi connectivity index (χ1n) is 9.02. The van der Waals surface area contributed by atoms with Crippen LogP contribution < -0.4 is 5.32 Å². The summed E-state index contributed by atoms with van der Waals surface area (Å²) < 4.78 is 5.56.